The van der Waals surface area contributed by atoms with Crippen molar-refractivity contribution >= 4 is 29.7 Å². The van der Waals surface area contributed by atoms with E-state index in [1.807, 2.05) is 0 Å². The lowest BCUT2D eigenvalue weighted by Crippen LogP contribution is -2.12. The Morgan fingerprint density at radius 2 is 1.95 bits per heavy atom. The zero-order valence-electron chi connectivity index (χ0n) is 11.4. The summed E-state index contributed by atoms with van der Waals surface area (Å²) in [6, 6.07) is 5.01. The fourth-order valence-corrected chi connectivity index (χ4v) is 3.61. The van der Waals surface area contributed by atoms with Crippen molar-refractivity contribution in [2.24, 2.45) is 5.73 Å². The van der Waals surface area contributed by atoms with Crippen LogP contribution in [0.1, 0.15) is 24.2 Å². The summed E-state index contributed by atoms with van der Waals surface area (Å²) in [4.78, 5) is 14.3. The van der Waals surface area contributed by atoms with E-state index in [0.29, 0.717) is 16.3 Å². The molecule has 0 aliphatic rings. The van der Waals surface area contributed by atoms with Gasteiger partial charge in [0.1, 0.15) is 0 Å². The Labute approximate surface area is 116 Å². The van der Waals surface area contributed by atoms with E-state index in [1.54, 1.807) is 32.0 Å². The van der Waals surface area contributed by atoms with Gasteiger partial charge in [-0.3, -0.25) is 9.36 Å². The topological polar surface area (TPSA) is 94.4 Å². The van der Waals surface area contributed by atoms with Gasteiger partial charge in [-0.25, -0.2) is 0 Å². The number of nitrogens with two attached hydrogens (primary N) is 1. The van der Waals surface area contributed by atoms with Gasteiger partial charge in [0.05, 0.1) is 24.1 Å². The molecule has 20 heavy (non-hydrogen) atoms. The molecule has 0 aliphatic carbocycles. The standard InChI is InChI=1S/C13H17N2O4P/c1-3-18-20(17,19-4-2)9-5-6-12-10(7-9)11(8-15-12)13(14)16/h5-8,15H,3-4H2,1-2H3,(H2,14,16). The van der Waals surface area contributed by atoms with Gasteiger partial charge in [0.15, 0.2) is 0 Å². The lowest BCUT2D eigenvalue weighted by Gasteiger charge is -2.17. The zero-order chi connectivity index (χ0) is 14.8. The average molecular weight is 296 g/mol. The van der Waals surface area contributed by atoms with E-state index < -0.39 is 13.5 Å². The molecule has 6 nitrogen and oxygen atoms in total. The lowest BCUT2D eigenvalue weighted by atomic mass is 10.2. The molecule has 108 valence electrons. The van der Waals surface area contributed by atoms with E-state index >= 15 is 0 Å². The van der Waals surface area contributed by atoms with Crippen LogP contribution in [0.3, 0.4) is 0 Å². The zero-order valence-corrected chi connectivity index (χ0v) is 12.3. The maximum Gasteiger partial charge on any atom is 0.361 e. The maximum atomic E-state index is 12.7. The first-order valence-corrected chi connectivity index (χ1v) is 7.86. The summed E-state index contributed by atoms with van der Waals surface area (Å²) >= 11 is 0. The Morgan fingerprint density at radius 3 is 2.50 bits per heavy atom. The molecular weight excluding hydrogens is 279 g/mol. The third-order valence-electron chi connectivity index (χ3n) is 2.85. The number of carbonyl (C=O) groups excluding carboxylic acids is 1. The number of hydrogen-bond acceptors (Lipinski definition) is 4. The van der Waals surface area contributed by atoms with E-state index in [9.17, 15) is 9.36 Å². The fraction of sp³-hybridized carbons (Fsp3) is 0.308. The van der Waals surface area contributed by atoms with Crippen LogP contribution in [0.25, 0.3) is 10.9 Å². The monoisotopic (exact) mass is 296 g/mol. The summed E-state index contributed by atoms with van der Waals surface area (Å²) in [6.07, 6.45) is 1.53. The number of aromatic nitrogens is 1. The van der Waals surface area contributed by atoms with Crippen LogP contribution in [0.4, 0.5) is 0 Å². The van der Waals surface area contributed by atoms with Crippen LogP contribution in [-0.4, -0.2) is 24.1 Å². The van der Waals surface area contributed by atoms with Gasteiger partial charge in [-0.15, -0.1) is 0 Å². The van der Waals surface area contributed by atoms with Crippen molar-refractivity contribution in [2.45, 2.75) is 13.8 Å². The Kier molecular flexibility index (Phi) is 4.28. The minimum Gasteiger partial charge on any atom is -0.366 e. The van der Waals surface area contributed by atoms with Crippen molar-refractivity contribution < 1.29 is 18.4 Å². The second-order valence-corrected chi connectivity index (χ2v) is 6.16. The van der Waals surface area contributed by atoms with Gasteiger partial charge >= 0.3 is 7.60 Å². The van der Waals surface area contributed by atoms with Crippen LogP contribution >= 0.6 is 7.60 Å². The smallest absolute Gasteiger partial charge is 0.361 e. The summed E-state index contributed by atoms with van der Waals surface area (Å²) in [6.45, 7) is 4.03. The van der Waals surface area contributed by atoms with Gasteiger partial charge in [-0.1, -0.05) is 0 Å². The first-order valence-electron chi connectivity index (χ1n) is 6.32. The van der Waals surface area contributed by atoms with Crippen molar-refractivity contribution in [1.82, 2.24) is 4.98 Å². The highest BCUT2D eigenvalue weighted by molar-refractivity contribution is 7.62. The van der Waals surface area contributed by atoms with Crippen molar-refractivity contribution in [3.8, 4) is 0 Å². The summed E-state index contributed by atoms with van der Waals surface area (Å²) in [5.41, 5.74) is 6.40. The minimum atomic E-state index is -3.37. The number of amides is 1. The van der Waals surface area contributed by atoms with Crippen molar-refractivity contribution in [3.63, 3.8) is 0 Å². The Morgan fingerprint density at radius 1 is 1.30 bits per heavy atom. The molecule has 2 rings (SSSR count). The number of carbonyl (C=O) groups is 1. The summed E-state index contributed by atoms with van der Waals surface area (Å²) in [7, 11) is -3.37. The molecule has 0 radical (unpaired) electrons. The molecule has 7 heteroatoms. The fourth-order valence-electron chi connectivity index (χ4n) is 2.01. The predicted molar refractivity (Wildman–Crippen MR) is 77.3 cm³/mol. The van der Waals surface area contributed by atoms with E-state index in [2.05, 4.69) is 4.98 Å². The number of hydrogen-bond donors (Lipinski definition) is 2. The van der Waals surface area contributed by atoms with E-state index in [4.69, 9.17) is 14.8 Å². The van der Waals surface area contributed by atoms with Crippen LogP contribution < -0.4 is 11.0 Å². The number of nitrogens with one attached hydrogen (secondary N) is 1. The van der Waals surface area contributed by atoms with Crippen molar-refractivity contribution in [2.75, 3.05) is 13.2 Å². The first kappa shape index (κ1) is 14.8. The highest BCUT2D eigenvalue weighted by Crippen LogP contribution is 2.47. The second kappa shape index (κ2) is 5.79. The van der Waals surface area contributed by atoms with Crippen molar-refractivity contribution in [3.05, 3.63) is 30.0 Å². The van der Waals surface area contributed by atoms with Crippen LogP contribution in [0.5, 0.6) is 0 Å². The van der Waals surface area contributed by atoms with Gasteiger partial charge in [0.2, 0.25) is 0 Å². The SMILES string of the molecule is CCOP(=O)(OCC)c1ccc2[nH]cc(C(N)=O)c2c1. The van der Waals surface area contributed by atoms with E-state index in [-0.39, 0.29) is 13.2 Å². The van der Waals surface area contributed by atoms with Gasteiger partial charge in [-0.05, 0) is 32.0 Å². The quantitative estimate of drug-likeness (QED) is 0.799. The molecule has 0 unspecified atom stereocenters. The van der Waals surface area contributed by atoms with Crippen LogP contribution in [0.15, 0.2) is 24.4 Å². The molecule has 0 aliphatic heterocycles. The first-order chi connectivity index (χ1) is 9.51. The predicted octanol–water partition coefficient (Wildman–Crippen LogP) is 2.16. The molecule has 1 aromatic carbocycles. The average Bonchev–Trinajstić information content (AvgIpc) is 2.82. The normalized spacial score (nSPS) is 11.9. The number of H-pyrrole nitrogens is 1. The Bertz CT molecular complexity index is 670. The molecule has 0 atom stereocenters. The highest BCUT2D eigenvalue weighted by Gasteiger charge is 2.27. The largest absolute Gasteiger partial charge is 0.366 e. The van der Waals surface area contributed by atoms with E-state index in [0.717, 1.165) is 5.52 Å². The molecule has 0 fully saturated rings. The Balaban J connectivity index is 2.56. The van der Waals surface area contributed by atoms with Crippen LogP contribution in [0, 0.1) is 0 Å². The number of aromatic amines is 1. The second-order valence-electron chi connectivity index (χ2n) is 4.13. The number of rotatable bonds is 6. The molecule has 0 spiro atoms. The molecule has 1 heterocycles. The molecule has 0 saturated heterocycles. The summed E-state index contributed by atoms with van der Waals surface area (Å²) < 4.78 is 23.3. The van der Waals surface area contributed by atoms with Crippen LogP contribution in [0.2, 0.25) is 0 Å². The molecular formula is C13H17N2O4P. The highest BCUT2D eigenvalue weighted by atomic mass is 31.2. The molecule has 0 bridgehead atoms. The molecule has 1 aromatic heterocycles. The number of fused-ring (bicyclic) bond motifs is 1. The van der Waals surface area contributed by atoms with Gasteiger partial charge in [0.25, 0.3) is 5.91 Å². The molecule has 3 N–H and O–H groups in total. The lowest BCUT2D eigenvalue weighted by molar-refractivity contribution is 0.100. The summed E-state index contributed by atoms with van der Waals surface area (Å²) in [5.74, 6) is -0.545. The molecule has 2 aromatic rings. The molecule has 1 amide bonds. The summed E-state index contributed by atoms with van der Waals surface area (Å²) in [5, 5.41) is 1.02. The number of benzene rings is 1. The molecule has 0 saturated carbocycles. The maximum absolute atomic E-state index is 12.7. The van der Waals surface area contributed by atoms with Gasteiger partial charge in [0, 0.05) is 17.1 Å². The number of primary amides is 1. The Hall–Kier alpha value is -1.62. The third-order valence-corrected chi connectivity index (χ3v) is 4.95. The van der Waals surface area contributed by atoms with Gasteiger partial charge < -0.3 is 19.8 Å². The van der Waals surface area contributed by atoms with Gasteiger partial charge in [-0.2, -0.15) is 0 Å². The third kappa shape index (κ3) is 2.63. The van der Waals surface area contributed by atoms with Crippen molar-refractivity contribution in [1.29, 1.82) is 0 Å². The van der Waals surface area contributed by atoms with E-state index in [1.165, 1.54) is 6.20 Å². The minimum absolute atomic E-state index is 0.269. The van der Waals surface area contributed by atoms with Crippen LogP contribution in [-0.2, 0) is 13.6 Å².